The molecule has 122 valence electrons. The molecule has 1 aliphatic heterocycles. The number of amides is 2. The number of hydrogen-bond acceptors (Lipinski definition) is 3. The Morgan fingerprint density at radius 2 is 2.00 bits per heavy atom. The lowest BCUT2D eigenvalue weighted by molar-refractivity contribution is -0.138. The monoisotopic (exact) mass is 299 g/mol. The van der Waals surface area contributed by atoms with E-state index in [-0.39, 0.29) is 18.6 Å². The van der Waals surface area contributed by atoms with E-state index >= 15 is 0 Å². The Kier molecular flexibility index (Phi) is 7.50. The lowest BCUT2D eigenvalue weighted by atomic mass is 9.94. The fourth-order valence-corrected chi connectivity index (χ4v) is 2.63. The number of nitrogens with one attached hydrogen (secondary N) is 1. The highest BCUT2D eigenvalue weighted by Gasteiger charge is 2.22. The van der Waals surface area contributed by atoms with E-state index in [1.54, 1.807) is 0 Å². The Morgan fingerprint density at radius 1 is 1.38 bits per heavy atom. The largest absolute Gasteiger partial charge is 0.480 e. The normalized spacial score (nSPS) is 18.2. The molecule has 0 radical (unpaired) electrons. The number of urea groups is 1. The maximum Gasteiger partial charge on any atom is 0.323 e. The highest BCUT2D eigenvalue weighted by Crippen LogP contribution is 2.18. The third-order valence-corrected chi connectivity index (χ3v) is 4.36. The number of rotatable bonds is 7. The van der Waals surface area contributed by atoms with Crippen molar-refractivity contribution in [2.75, 3.05) is 33.2 Å². The van der Waals surface area contributed by atoms with Gasteiger partial charge in [0.05, 0.1) is 0 Å². The molecule has 2 N–H and O–H groups in total. The Hall–Kier alpha value is -1.30. The molecule has 6 heteroatoms. The smallest absolute Gasteiger partial charge is 0.323 e. The van der Waals surface area contributed by atoms with Gasteiger partial charge in [-0.15, -0.1) is 0 Å². The van der Waals surface area contributed by atoms with E-state index in [1.807, 2.05) is 13.8 Å². The van der Waals surface area contributed by atoms with Crippen LogP contribution in [-0.4, -0.2) is 66.2 Å². The molecule has 1 saturated heterocycles. The van der Waals surface area contributed by atoms with Gasteiger partial charge in [-0.3, -0.25) is 4.79 Å². The van der Waals surface area contributed by atoms with E-state index in [9.17, 15) is 9.59 Å². The first-order valence-electron chi connectivity index (χ1n) is 7.88. The number of carbonyl (C=O) groups excluding carboxylic acids is 1. The van der Waals surface area contributed by atoms with E-state index in [0.717, 1.165) is 25.9 Å². The highest BCUT2D eigenvalue weighted by molar-refractivity contribution is 5.80. The van der Waals surface area contributed by atoms with Gasteiger partial charge in [0.25, 0.3) is 0 Å². The van der Waals surface area contributed by atoms with Gasteiger partial charge in [0, 0.05) is 12.6 Å². The molecular weight excluding hydrogens is 270 g/mol. The van der Waals surface area contributed by atoms with Crippen LogP contribution in [0.3, 0.4) is 0 Å². The molecule has 0 aliphatic carbocycles. The molecule has 21 heavy (non-hydrogen) atoms. The number of likely N-dealkylation sites (tertiary alicyclic amines) is 1. The van der Waals surface area contributed by atoms with Crippen LogP contribution in [-0.2, 0) is 4.79 Å². The summed E-state index contributed by atoms with van der Waals surface area (Å²) < 4.78 is 0. The molecule has 1 rings (SSSR count). The van der Waals surface area contributed by atoms with Gasteiger partial charge < -0.3 is 20.2 Å². The highest BCUT2D eigenvalue weighted by atomic mass is 16.4. The molecule has 0 aromatic heterocycles. The number of carboxylic acid groups (broad SMARTS) is 1. The molecular formula is C15H29N3O3. The maximum atomic E-state index is 12.1. The Labute approximate surface area is 127 Å². The summed E-state index contributed by atoms with van der Waals surface area (Å²) >= 11 is 0. The SMILES string of the molecule is CCC(C)N(CC(=O)O)C(=O)NCCC1CCN(C)CC1. The van der Waals surface area contributed by atoms with Crippen molar-refractivity contribution in [1.29, 1.82) is 0 Å². The molecule has 0 saturated carbocycles. The molecule has 2 amide bonds. The van der Waals surface area contributed by atoms with Crippen LogP contribution in [0.5, 0.6) is 0 Å². The fraction of sp³-hybridized carbons (Fsp3) is 0.867. The first-order valence-corrected chi connectivity index (χ1v) is 7.88. The van der Waals surface area contributed by atoms with Crippen LogP contribution in [0.15, 0.2) is 0 Å². The zero-order valence-corrected chi connectivity index (χ0v) is 13.5. The van der Waals surface area contributed by atoms with E-state index in [1.165, 1.54) is 17.7 Å². The van der Waals surface area contributed by atoms with Crippen molar-refractivity contribution in [2.24, 2.45) is 5.92 Å². The van der Waals surface area contributed by atoms with E-state index < -0.39 is 5.97 Å². The van der Waals surface area contributed by atoms with Crippen LogP contribution in [0, 0.1) is 5.92 Å². The van der Waals surface area contributed by atoms with Gasteiger partial charge in [0.15, 0.2) is 0 Å². The summed E-state index contributed by atoms with van der Waals surface area (Å²) in [6.07, 6.45) is 4.07. The van der Waals surface area contributed by atoms with E-state index in [2.05, 4.69) is 17.3 Å². The van der Waals surface area contributed by atoms with Crippen molar-refractivity contribution in [3.05, 3.63) is 0 Å². The second-order valence-corrected chi connectivity index (χ2v) is 6.05. The third kappa shape index (κ3) is 6.33. The van der Waals surface area contributed by atoms with Gasteiger partial charge in [0.1, 0.15) is 6.54 Å². The zero-order chi connectivity index (χ0) is 15.8. The summed E-state index contributed by atoms with van der Waals surface area (Å²) in [5, 5.41) is 11.8. The van der Waals surface area contributed by atoms with Crippen LogP contribution < -0.4 is 5.32 Å². The third-order valence-electron chi connectivity index (χ3n) is 4.36. The number of nitrogens with zero attached hydrogens (tertiary/aromatic N) is 2. The van der Waals surface area contributed by atoms with E-state index in [0.29, 0.717) is 12.5 Å². The summed E-state index contributed by atoms with van der Waals surface area (Å²) in [7, 11) is 2.13. The van der Waals surface area contributed by atoms with E-state index in [4.69, 9.17) is 5.11 Å². The average Bonchev–Trinajstić information content (AvgIpc) is 2.45. The number of carbonyl (C=O) groups is 2. The topological polar surface area (TPSA) is 72.9 Å². The summed E-state index contributed by atoms with van der Waals surface area (Å²) in [5.41, 5.74) is 0. The minimum atomic E-state index is -0.972. The number of carboxylic acids is 1. The first kappa shape index (κ1) is 17.8. The summed E-state index contributed by atoms with van der Waals surface area (Å²) in [6.45, 7) is 6.45. The lowest BCUT2D eigenvalue weighted by Gasteiger charge is -2.30. The molecule has 1 aliphatic rings. The molecule has 0 aromatic carbocycles. The van der Waals surface area contributed by atoms with Gasteiger partial charge in [-0.2, -0.15) is 0 Å². The molecule has 1 heterocycles. The van der Waals surface area contributed by atoms with Crippen molar-refractivity contribution < 1.29 is 14.7 Å². The number of piperidine rings is 1. The van der Waals surface area contributed by atoms with Crippen LogP contribution in [0.1, 0.15) is 39.5 Å². The van der Waals surface area contributed by atoms with Crippen molar-refractivity contribution in [1.82, 2.24) is 15.1 Å². The zero-order valence-electron chi connectivity index (χ0n) is 13.5. The van der Waals surface area contributed by atoms with Crippen molar-refractivity contribution >= 4 is 12.0 Å². The first-order chi connectivity index (χ1) is 9.93. The van der Waals surface area contributed by atoms with Crippen LogP contribution in [0.25, 0.3) is 0 Å². The Balaban J connectivity index is 2.34. The average molecular weight is 299 g/mol. The molecule has 0 bridgehead atoms. The molecule has 0 aromatic rings. The Morgan fingerprint density at radius 3 is 2.52 bits per heavy atom. The van der Waals surface area contributed by atoms with Gasteiger partial charge in [0.2, 0.25) is 0 Å². The maximum absolute atomic E-state index is 12.1. The molecule has 1 atom stereocenters. The second-order valence-electron chi connectivity index (χ2n) is 6.05. The number of hydrogen-bond donors (Lipinski definition) is 2. The molecule has 6 nitrogen and oxygen atoms in total. The predicted octanol–water partition coefficient (Wildman–Crippen LogP) is 1.61. The summed E-state index contributed by atoms with van der Waals surface area (Å²) in [5.74, 6) is -0.307. The standard InChI is InChI=1S/C15H29N3O3/c1-4-12(2)18(11-14(19)20)15(21)16-8-5-13-6-9-17(3)10-7-13/h12-13H,4-11H2,1-3H3,(H,16,21)(H,19,20). The molecule has 1 fully saturated rings. The molecule has 0 spiro atoms. The quantitative estimate of drug-likeness (QED) is 0.749. The van der Waals surface area contributed by atoms with Crippen molar-refractivity contribution in [3.8, 4) is 0 Å². The minimum absolute atomic E-state index is 0.0653. The second kappa shape index (κ2) is 8.87. The van der Waals surface area contributed by atoms with Crippen molar-refractivity contribution in [3.63, 3.8) is 0 Å². The summed E-state index contributed by atoms with van der Waals surface area (Å²) in [6, 6.07) is -0.330. The van der Waals surface area contributed by atoms with Crippen LogP contribution in [0.4, 0.5) is 4.79 Å². The predicted molar refractivity (Wildman–Crippen MR) is 82.3 cm³/mol. The Bertz CT molecular complexity index is 341. The molecule has 1 unspecified atom stereocenters. The summed E-state index contributed by atoms with van der Waals surface area (Å²) in [4.78, 5) is 26.7. The van der Waals surface area contributed by atoms with Gasteiger partial charge in [-0.25, -0.2) is 4.79 Å². The minimum Gasteiger partial charge on any atom is -0.480 e. The fourth-order valence-electron chi connectivity index (χ4n) is 2.63. The number of aliphatic carboxylic acids is 1. The van der Waals surface area contributed by atoms with Crippen LogP contribution >= 0.6 is 0 Å². The van der Waals surface area contributed by atoms with Gasteiger partial charge >= 0.3 is 12.0 Å². The van der Waals surface area contributed by atoms with Gasteiger partial charge in [-0.1, -0.05) is 6.92 Å². The van der Waals surface area contributed by atoms with Crippen LogP contribution in [0.2, 0.25) is 0 Å². The lowest BCUT2D eigenvalue weighted by Crippen LogP contribution is -2.47. The van der Waals surface area contributed by atoms with Crippen molar-refractivity contribution in [2.45, 2.75) is 45.6 Å². The van der Waals surface area contributed by atoms with Gasteiger partial charge in [-0.05, 0) is 58.7 Å².